The monoisotopic (exact) mass is 200 g/mol. The third-order valence-electron chi connectivity index (χ3n) is 2.97. The van der Waals surface area contributed by atoms with Crippen LogP contribution in [0.1, 0.15) is 65.7 Å². The number of hydrogen-bond acceptors (Lipinski definition) is 2. The van der Waals surface area contributed by atoms with Gasteiger partial charge in [-0.15, -0.1) is 0 Å². The SMILES string of the molecule is CCCCC(NN)C(CCC)CCC. The molecule has 86 valence electrons. The third kappa shape index (κ3) is 5.61. The molecule has 0 radical (unpaired) electrons. The van der Waals surface area contributed by atoms with Crippen molar-refractivity contribution in [2.45, 2.75) is 71.8 Å². The summed E-state index contributed by atoms with van der Waals surface area (Å²) in [4.78, 5) is 0. The molecule has 0 heterocycles. The lowest BCUT2D eigenvalue weighted by atomic mass is 9.88. The molecule has 14 heavy (non-hydrogen) atoms. The van der Waals surface area contributed by atoms with Gasteiger partial charge in [-0.25, -0.2) is 0 Å². The first kappa shape index (κ1) is 13.9. The van der Waals surface area contributed by atoms with Gasteiger partial charge in [-0.05, 0) is 25.2 Å². The highest BCUT2D eigenvalue weighted by atomic mass is 15.2. The van der Waals surface area contributed by atoms with Crippen LogP contribution in [0.4, 0.5) is 0 Å². The van der Waals surface area contributed by atoms with Crippen LogP contribution in [-0.4, -0.2) is 6.04 Å². The summed E-state index contributed by atoms with van der Waals surface area (Å²) in [6.45, 7) is 6.76. The second-order valence-electron chi connectivity index (χ2n) is 4.25. The van der Waals surface area contributed by atoms with Crippen molar-refractivity contribution in [2.75, 3.05) is 0 Å². The van der Waals surface area contributed by atoms with Crippen molar-refractivity contribution in [3.05, 3.63) is 0 Å². The van der Waals surface area contributed by atoms with E-state index in [0.29, 0.717) is 6.04 Å². The van der Waals surface area contributed by atoms with Crippen molar-refractivity contribution in [2.24, 2.45) is 11.8 Å². The lowest BCUT2D eigenvalue weighted by molar-refractivity contribution is 0.294. The maximum Gasteiger partial charge on any atom is 0.0238 e. The van der Waals surface area contributed by atoms with Crippen LogP contribution in [0.2, 0.25) is 0 Å². The Morgan fingerprint density at radius 3 is 1.86 bits per heavy atom. The smallest absolute Gasteiger partial charge is 0.0238 e. The molecule has 0 amide bonds. The largest absolute Gasteiger partial charge is 0.271 e. The molecule has 0 spiro atoms. The van der Waals surface area contributed by atoms with Gasteiger partial charge in [0.25, 0.3) is 0 Å². The predicted octanol–water partition coefficient (Wildman–Crippen LogP) is 3.22. The van der Waals surface area contributed by atoms with Gasteiger partial charge in [0.2, 0.25) is 0 Å². The summed E-state index contributed by atoms with van der Waals surface area (Å²) >= 11 is 0. The lowest BCUT2D eigenvalue weighted by Gasteiger charge is -2.26. The molecule has 0 saturated carbocycles. The fourth-order valence-corrected chi connectivity index (χ4v) is 2.17. The van der Waals surface area contributed by atoms with Crippen LogP contribution in [0.3, 0.4) is 0 Å². The molecule has 0 aromatic heterocycles. The van der Waals surface area contributed by atoms with E-state index in [-0.39, 0.29) is 0 Å². The zero-order valence-electron chi connectivity index (χ0n) is 10.2. The summed E-state index contributed by atoms with van der Waals surface area (Å²) in [6.07, 6.45) is 8.96. The molecular weight excluding hydrogens is 172 g/mol. The van der Waals surface area contributed by atoms with Gasteiger partial charge in [0.05, 0.1) is 0 Å². The Labute approximate surface area is 89.6 Å². The molecule has 0 bridgehead atoms. The van der Waals surface area contributed by atoms with Crippen molar-refractivity contribution < 1.29 is 0 Å². The van der Waals surface area contributed by atoms with E-state index in [1.54, 1.807) is 0 Å². The molecule has 1 unspecified atom stereocenters. The second kappa shape index (κ2) is 9.47. The predicted molar refractivity (Wildman–Crippen MR) is 63.9 cm³/mol. The molecule has 3 N–H and O–H groups in total. The van der Waals surface area contributed by atoms with Crippen LogP contribution in [0, 0.1) is 5.92 Å². The van der Waals surface area contributed by atoms with Gasteiger partial charge in [-0.1, -0.05) is 46.5 Å². The Kier molecular flexibility index (Phi) is 9.42. The summed E-state index contributed by atoms with van der Waals surface area (Å²) in [5, 5.41) is 0. The quantitative estimate of drug-likeness (QED) is 0.443. The maximum absolute atomic E-state index is 5.62. The molecule has 0 rings (SSSR count). The number of hydrazine groups is 1. The van der Waals surface area contributed by atoms with E-state index in [2.05, 4.69) is 26.2 Å². The first-order valence-electron chi connectivity index (χ1n) is 6.26. The van der Waals surface area contributed by atoms with Crippen LogP contribution < -0.4 is 11.3 Å². The minimum absolute atomic E-state index is 0.537. The molecule has 0 aliphatic heterocycles. The van der Waals surface area contributed by atoms with E-state index < -0.39 is 0 Å². The molecule has 1 atom stereocenters. The van der Waals surface area contributed by atoms with Crippen LogP contribution in [-0.2, 0) is 0 Å². The van der Waals surface area contributed by atoms with Crippen LogP contribution >= 0.6 is 0 Å². The highest BCUT2D eigenvalue weighted by Crippen LogP contribution is 2.20. The Morgan fingerprint density at radius 1 is 0.929 bits per heavy atom. The summed E-state index contributed by atoms with van der Waals surface area (Å²) < 4.78 is 0. The Balaban J connectivity index is 3.96. The third-order valence-corrected chi connectivity index (χ3v) is 2.97. The first-order chi connectivity index (χ1) is 6.79. The average Bonchev–Trinajstić information content (AvgIpc) is 2.19. The van der Waals surface area contributed by atoms with E-state index >= 15 is 0 Å². The van der Waals surface area contributed by atoms with Gasteiger partial charge in [-0.2, -0.15) is 0 Å². The zero-order chi connectivity index (χ0) is 10.8. The minimum atomic E-state index is 0.537. The molecule has 0 aliphatic carbocycles. The van der Waals surface area contributed by atoms with Crippen molar-refractivity contribution in [1.82, 2.24) is 5.43 Å². The number of rotatable bonds is 9. The summed E-state index contributed by atoms with van der Waals surface area (Å²) in [6, 6.07) is 0.537. The Bertz CT molecular complexity index is 109. The van der Waals surface area contributed by atoms with Crippen molar-refractivity contribution in [3.8, 4) is 0 Å². The van der Waals surface area contributed by atoms with E-state index in [0.717, 1.165) is 5.92 Å². The van der Waals surface area contributed by atoms with Gasteiger partial charge in [-0.3, -0.25) is 11.3 Å². The average molecular weight is 200 g/mol. The van der Waals surface area contributed by atoms with Crippen molar-refractivity contribution in [3.63, 3.8) is 0 Å². The number of unbranched alkanes of at least 4 members (excludes halogenated alkanes) is 1. The lowest BCUT2D eigenvalue weighted by Crippen LogP contribution is -2.40. The number of nitrogens with two attached hydrogens (primary N) is 1. The summed E-state index contributed by atoms with van der Waals surface area (Å²) in [7, 11) is 0. The van der Waals surface area contributed by atoms with E-state index in [1.165, 1.54) is 44.9 Å². The van der Waals surface area contributed by atoms with Gasteiger partial charge < -0.3 is 0 Å². The van der Waals surface area contributed by atoms with E-state index in [4.69, 9.17) is 5.84 Å². The van der Waals surface area contributed by atoms with Gasteiger partial charge >= 0.3 is 0 Å². The summed E-state index contributed by atoms with van der Waals surface area (Å²) in [5.41, 5.74) is 3.01. The van der Waals surface area contributed by atoms with E-state index in [9.17, 15) is 0 Å². The maximum atomic E-state index is 5.62. The van der Waals surface area contributed by atoms with E-state index in [1.807, 2.05) is 0 Å². The second-order valence-corrected chi connectivity index (χ2v) is 4.25. The Hall–Kier alpha value is -0.0800. The molecule has 0 aromatic carbocycles. The van der Waals surface area contributed by atoms with Gasteiger partial charge in [0.15, 0.2) is 0 Å². The Morgan fingerprint density at radius 2 is 1.50 bits per heavy atom. The first-order valence-corrected chi connectivity index (χ1v) is 6.26. The fraction of sp³-hybridized carbons (Fsp3) is 1.00. The van der Waals surface area contributed by atoms with Gasteiger partial charge in [0.1, 0.15) is 0 Å². The van der Waals surface area contributed by atoms with Crippen molar-refractivity contribution >= 4 is 0 Å². The van der Waals surface area contributed by atoms with Gasteiger partial charge in [0, 0.05) is 6.04 Å². The van der Waals surface area contributed by atoms with Crippen LogP contribution in [0.25, 0.3) is 0 Å². The molecule has 0 aliphatic rings. The van der Waals surface area contributed by atoms with Crippen LogP contribution in [0.15, 0.2) is 0 Å². The molecule has 0 aromatic rings. The summed E-state index contributed by atoms with van der Waals surface area (Å²) in [5.74, 6) is 6.40. The standard InChI is InChI=1S/C12H28N2/c1-4-7-10-12(14-13)11(8-5-2)9-6-3/h11-12,14H,4-10,13H2,1-3H3. The molecule has 0 fully saturated rings. The number of hydrogen-bond donors (Lipinski definition) is 2. The number of nitrogens with one attached hydrogen (secondary N) is 1. The molecule has 2 nitrogen and oxygen atoms in total. The zero-order valence-corrected chi connectivity index (χ0v) is 10.2. The molecule has 2 heteroatoms. The molecular formula is C12H28N2. The fourth-order valence-electron chi connectivity index (χ4n) is 2.17. The normalized spacial score (nSPS) is 13.5. The highest BCUT2D eigenvalue weighted by molar-refractivity contribution is 4.73. The van der Waals surface area contributed by atoms with Crippen molar-refractivity contribution in [1.29, 1.82) is 0 Å². The molecule has 0 saturated heterocycles. The highest BCUT2D eigenvalue weighted by Gasteiger charge is 2.17. The van der Waals surface area contributed by atoms with Crippen LogP contribution in [0.5, 0.6) is 0 Å². The topological polar surface area (TPSA) is 38.0 Å². The minimum Gasteiger partial charge on any atom is -0.271 e.